The van der Waals surface area contributed by atoms with Crippen molar-refractivity contribution in [3.63, 3.8) is 0 Å². The molecule has 3 N–H and O–H groups in total. The molecule has 1 saturated heterocycles. The summed E-state index contributed by atoms with van der Waals surface area (Å²) in [5.74, 6) is 6.61. The Bertz CT molecular complexity index is 1310. The first kappa shape index (κ1) is 26.4. The van der Waals surface area contributed by atoms with Gasteiger partial charge in [0.2, 0.25) is 5.91 Å². The molecule has 200 valence electrons. The van der Waals surface area contributed by atoms with E-state index in [1.54, 1.807) is 31.1 Å². The van der Waals surface area contributed by atoms with Gasteiger partial charge in [0.1, 0.15) is 22.3 Å². The Morgan fingerprint density at radius 3 is 2.66 bits per heavy atom. The lowest BCUT2D eigenvalue weighted by molar-refractivity contribution is -0.130. The van der Waals surface area contributed by atoms with Gasteiger partial charge in [-0.1, -0.05) is 29.7 Å². The molecule has 2 heterocycles. The van der Waals surface area contributed by atoms with Crippen molar-refractivity contribution in [3.05, 3.63) is 47.3 Å². The largest absolute Gasteiger partial charge is 0.494 e. The first-order valence-electron chi connectivity index (χ1n) is 12.4. The van der Waals surface area contributed by atoms with Crippen LogP contribution in [0.5, 0.6) is 5.75 Å². The summed E-state index contributed by atoms with van der Waals surface area (Å²) in [5.41, 5.74) is 7.17. The smallest absolute Gasteiger partial charge is 0.280 e. The molecule has 1 aliphatic heterocycles. The molecule has 2 saturated carbocycles. The van der Waals surface area contributed by atoms with Gasteiger partial charge in [-0.3, -0.25) is 14.6 Å². The van der Waals surface area contributed by atoms with Crippen LogP contribution in [-0.2, 0) is 4.79 Å². The predicted octanol–water partition coefficient (Wildman–Crippen LogP) is 3.48. The van der Waals surface area contributed by atoms with Gasteiger partial charge in [-0.05, 0) is 54.5 Å². The number of alkyl halides is 2. The highest BCUT2D eigenvalue weighted by atomic mass is 32.2. The van der Waals surface area contributed by atoms with E-state index in [9.17, 15) is 18.4 Å². The summed E-state index contributed by atoms with van der Waals surface area (Å²) in [6.45, 7) is 0. The Balaban J connectivity index is 1.45. The molecule has 1 aromatic heterocycles. The molecular weight excluding hydrogens is 512 g/mol. The second kappa shape index (κ2) is 10.9. The Morgan fingerprint density at radius 1 is 1.18 bits per heavy atom. The van der Waals surface area contributed by atoms with Crippen LogP contribution in [0.15, 0.2) is 30.5 Å². The maximum Gasteiger partial charge on any atom is 0.280 e. The van der Waals surface area contributed by atoms with Crippen LogP contribution in [0.25, 0.3) is 11.1 Å². The number of rotatable bonds is 7. The van der Waals surface area contributed by atoms with Crippen LogP contribution in [-0.4, -0.2) is 53.8 Å². The number of carbonyl (C=O) groups is 2. The van der Waals surface area contributed by atoms with Gasteiger partial charge in [0.15, 0.2) is 0 Å². The highest BCUT2D eigenvalue weighted by molar-refractivity contribution is 8.00. The van der Waals surface area contributed by atoms with Gasteiger partial charge in [-0.2, -0.15) is 0 Å². The number of ether oxygens (including phenoxy) is 1. The van der Waals surface area contributed by atoms with E-state index in [-0.39, 0.29) is 34.8 Å². The van der Waals surface area contributed by atoms with E-state index in [2.05, 4.69) is 33.0 Å². The molecular formula is C27H29F2N5O3S. The van der Waals surface area contributed by atoms with E-state index in [4.69, 9.17) is 4.74 Å². The van der Waals surface area contributed by atoms with Crippen molar-refractivity contribution in [2.75, 3.05) is 21.2 Å². The number of amides is 2. The zero-order valence-corrected chi connectivity index (χ0v) is 22.1. The van der Waals surface area contributed by atoms with Crippen LogP contribution < -0.4 is 20.9 Å². The zero-order chi connectivity index (χ0) is 27.0. The van der Waals surface area contributed by atoms with Crippen LogP contribution in [0.3, 0.4) is 0 Å². The van der Waals surface area contributed by atoms with Crippen molar-refractivity contribution >= 4 is 23.6 Å². The monoisotopic (exact) mass is 541 g/mol. The maximum absolute atomic E-state index is 13.6. The first-order valence-corrected chi connectivity index (χ1v) is 13.4. The van der Waals surface area contributed by atoms with E-state index in [0.717, 1.165) is 18.4 Å². The van der Waals surface area contributed by atoms with Gasteiger partial charge in [-0.25, -0.2) is 19.6 Å². The van der Waals surface area contributed by atoms with E-state index >= 15 is 0 Å². The lowest BCUT2D eigenvalue weighted by atomic mass is 9.94. The number of nitrogens with zero attached hydrogens (tertiary/aromatic N) is 2. The molecule has 2 aromatic rings. The van der Waals surface area contributed by atoms with Gasteiger partial charge in [-0.15, -0.1) is 0 Å². The van der Waals surface area contributed by atoms with Crippen LogP contribution >= 0.6 is 11.8 Å². The van der Waals surface area contributed by atoms with Crippen molar-refractivity contribution in [2.45, 2.75) is 42.5 Å². The Kier molecular flexibility index (Phi) is 7.56. The third-order valence-electron chi connectivity index (χ3n) is 6.76. The number of halogens is 2. The average molecular weight is 542 g/mol. The topological polar surface area (TPSA) is 95.6 Å². The number of hydrazine groups is 1. The maximum atomic E-state index is 13.6. The van der Waals surface area contributed by atoms with Crippen LogP contribution in [0.2, 0.25) is 0 Å². The predicted molar refractivity (Wildman–Crippen MR) is 140 cm³/mol. The summed E-state index contributed by atoms with van der Waals surface area (Å²) >= 11 is 1.44. The van der Waals surface area contributed by atoms with Gasteiger partial charge in [0, 0.05) is 37.1 Å². The lowest BCUT2D eigenvalue weighted by Gasteiger charge is -2.17. The molecule has 2 amide bonds. The zero-order valence-electron chi connectivity index (χ0n) is 21.3. The molecule has 11 heteroatoms. The minimum atomic E-state index is -2.79. The lowest BCUT2D eigenvalue weighted by Crippen LogP contribution is -2.43. The number of hydrogen-bond acceptors (Lipinski definition) is 7. The minimum absolute atomic E-state index is 0.00906. The number of nitrogens with one attached hydrogen (secondary N) is 3. The van der Waals surface area contributed by atoms with Crippen LogP contribution in [0.4, 0.5) is 8.78 Å². The molecule has 5 rings (SSSR count). The Labute approximate surface area is 224 Å². The summed E-state index contributed by atoms with van der Waals surface area (Å²) in [6.07, 6.45) is 1.41. The minimum Gasteiger partial charge on any atom is -0.494 e. The second-order valence-electron chi connectivity index (χ2n) is 9.82. The van der Waals surface area contributed by atoms with Gasteiger partial charge >= 0.3 is 0 Å². The van der Waals surface area contributed by atoms with E-state index in [0.29, 0.717) is 29.0 Å². The molecule has 38 heavy (non-hydrogen) atoms. The van der Waals surface area contributed by atoms with Crippen LogP contribution in [0.1, 0.15) is 53.2 Å². The fourth-order valence-electron chi connectivity index (χ4n) is 4.45. The molecule has 8 nitrogen and oxygen atoms in total. The average Bonchev–Trinajstić information content (AvgIpc) is 3.84. The van der Waals surface area contributed by atoms with Crippen molar-refractivity contribution in [2.24, 2.45) is 11.8 Å². The SMILES string of the molecule is COc1cnc(C(F)F)cc1-c1cc([C@H]2C[C@H]2C(=O)N(C)C)ccc1C(=O)NC1NNC(C#CC2CC2)S1. The molecule has 1 aromatic carbocycles. The molecule has 3 aliphatic rings. The van der Waals surface area contributed by atoms with Crippen molar-refractivity contribution in [3.8, 4) is 28.7 Å². The summed E-state index contributed by atoms with van der Waals surface area (Å²) < 4.78 is 32.6. The fraction of sp³-hybridized carbons (Fsp3) is 0.444. The number of methoxy groups -OCH3 is 1. The highest BCUT2D eigenvalue weighted by Gasteiger charge is 2.45. The molecule has 2 aliphatic carbocycles. The number of benzene rings is 1. The Morgan fingerprint density at radius 2 is 1.97 bits per heavy atom. The third-order valence-corrected chi connectivity index (χ3v) is 7.78. The van der Waals surface area contributed by atoms with E-state index in [1.165, 1.54) is 31.1 Å². The van der Waals surface area contributed by atoms with Gasteiger partial charge < -0.3 is 15.0 Å². The highest BCUT2D eigenvalue weighted by Crippen LogP contribution is 2.49. The molecule has 0 spiro atoms. The summed E-state index contributed by atoms with van der Waals surface area (Å²) in [5, 5.41) is 2.78. The summed E-state index contributed by atoms with van der Waals surface area (Å²) in [7, 11) is 4.86. The molecule has 0 radical (unpaired) electrons. The number of pyridine rings is 1. The van der Waals surface area contributed by atoms with Crippen molar-refractivity contribution in [1.82, 2.24) is 26.1 Å². The number of carbonyl (C=O) groups excluding carboxylic acids is 2. The number of thioether (sulfide) groups is 1. The third kappa shape index (κ3) is 5.77. The van der Waals surface area contributed by atoms with Gasteiger partial charge in [0.05, 0.1) is 13.3 Å². The summed E-state index contributed by atoms with van der Waals surface area (Å²) in [4.78, 5) is 31.3. The fourth-order valence-corrected chi connectivity index (χ4v) is 5.30. The van der Waals surface area contributed by atoms with Crippen LogP contribution in [0, 0.1) is 23.7 Å². The molecule has 4 atom stereocenters. The standard InChI is InChI=1S/C27H29F2N5O3S/c1-34(2)26(36)20-11-17(20)15-7-8-16(18(10-15)19-12-21(24(28)29)30-13-22(19)37-3)25(35)31-27-33-32-23(38-27)9-6-14-4-5-14/h7-8,10,12-14,17,20,23-24,27,32-33H,4-5,11H2,1-3H3,(H,31,35)/t17-,20-,23?,27?/m1/s1. The normalized spacial score (nSPS) is 23.9. The Hall–Kier alpha value is -3.20. The quantitative estimate of drug-likeness (QED) is 0.462. The van der Waals surface area contributed by atoms with E-state index < -0.39 is 17.6 Å². The molecule has 2 unspecified atom stereocenters. The summed E-state index contributed by atoms with van der Waals surface area (Å²) in [6, 6.07) is 6.55. The molecule has 3 fully saturated rings. The van der Waals surface area contributed by atoms with Crippen molar-refractivity contribution in [1.29, 1.82) is 0 Å². The van der Waals surface area contributed by atoms with Gasteiger partial charge in [0.25, 0.3) is 12.3 Å². The van der Waals surface area contributed by atoms with Crippen molar-refractivity contribution < 1.29 is 23.1 Å². The molecule has 0 bridgehead atoms. The second-order valence-corrected chi connectivity index (χ2v) is 11.0. The number of aromatic nitrogens is 1. The first-order chi connectivity index (χ1) is 18.2. The van der Waals surface area contributed by atoms with E-state index in [1.807, 2.05) is 6.07 Å². The number of hydrogen-bond donors (Lipinski definition) is 3.